The summed E-state index contributed by atoms with van der Waals surface area (Å²) in [5, 5.41) is 4.12. The summed E-state index contributed by atoms with van der Waals surface area (Å²) in [6.45, 7) is 1.91. The third-order valence-corrected chi connectivity index (χ3v) is 4.92. The monoisotopic (exact) mass is 285 g/mol. The molecule has 1 aromatic carbocycles. The molecule has 0 radical (unpaired) electrons. The molecule has 0 bridgehead atoms. The lowest BCUT2D eigenvalue weighted by Crippen LogP contribution is -2.26. The fourth-order valence-electron chi connectivity index (χ4n) is 2.96. The molecule has 5 heteroatoms. The summed E-state index contributed by atoms with van der Waals surface area (Å²) in [5.74, 6) is 0. The zero-order valence-corrected chi connectivity index (χ0v) is 11.7. The lowest BCUT2D eigenvalue weighted by Gasteiger charge is -2.18. The Bertz CT molecular complexity index is 851. The number of hydrogen-bond donors (Lipinski definition) is 2. The van der Waals surface area contributed by atoms with Gasteiger partial charge >= 0.3 is 0 Å². The molecule has 0 amide bonds. The molecule has 102 valence electrons. The van der Waals surface area contributed by atoms with Gasteiger partial charge in [0.1, 0.15) is 4.70 Å². The maximum absolute atomic E-state index is 12.0. The van der Waals surface area contributed by atoms with Gasteiger partial charge in [0.2, 0.25) is 0 Å². The highest BCUT2D eigenvalue weighted by atomic mass is 32.1. The van der Waals surface area contributed by atoms with Crippen molar-refractivity contribution in [2.45, 2.75) is 12.5 Å². The van der Waals surface area contributed by atoms with E-state index in [4.69, 9.17) is 5.73 Å². The molecule has 0 spiro atoms. The number of nitrogens with two attached hydrogens (primary N) is 1. The van der Waals surface area contributed by atoms with Gasteiger partial charge in [0.05, 0.1) is 0 Å². The molecule has 0 unspecified atom stereocenters. The fraction of sp³-hybridized carbons (Fsp3) is 0.267. The van der Waals surface area contributed by atoms with Crippen molar-refractivity contribution in [1.29, 1.82) is 0 Å². The minimum absolute atomic E-state index is 0.00144. The van der Waals surface area contributed by atoms with Gasteiger partial charge in [-0.25, -0.2) is 0 Å². The predicted molar refractivity (Wildman–Crippen MR) is 84.8 cm³/mol. The SMILES string of the molecule is N[C@H]1CCN(c2ccc3[nH]c(=O)c4sccc4c3c2)C1. The van der Waals surface area contributed by atoms with E-state index in [1.165, 1.54) is 17.0 Å². The largest absolute Gasteiger partial charge is 0.370 e. The highest BCUT2D eigenvalue weighted by Gasteiger charge is 2.19. The van der Waals surface area contributed by atoms with Crippen LogP contribution < -0.4 is 16.2 Å². The molecule has 0 saturated carbocycles. The van der Waals surface area contributed by atoms with Gasteiger partial charge in [0.25, 0.3) is 5.56 Å². The Hall–Kier alpha value is -1.85. The maximum atomic E-state index is 12.0. The minimum atomic E-state index is -0.00144. The Labute approximate surface area is 119 Å². The molecule has 1 atom stereocenters. The normalized spacial score (nSPS) is 19.2. The third-order valence-electron chi connectivity index (χ3n) is 4.00. The fourth-order valence-corrected chi connectivity index (χ4v) is 3.76. The van der Waals surface area contributed by atoms with Crippen molar-refractivity contribution < 1.29 is 0 Å². The second kappa shape index (κ2) is 4.33. The van der Waals surface area contributed by atoms with Crippen molar-refractivity contribution in [2.24, 2.45) is 5.73 Å². The number of pyridine rings is 1. The molecule has 1 fully saturated rings. The second-order valence-corrected chi connectivity index (χ2v) is 6.26. The Morgan fingerprint density at radius 2 is 2.20 bits per heavy atom. The summed E-state index contributed by atoms with van der Waals surface area (Å²) in [6.07, 6.45) is 1.04. The topological polar surface area (TPSA) is 62.1 Å². The van der Waals surface area contributed by atoms with Crippen LogP contribution in [-0.2, 0) is 0 Å². The van der Waals surface area contributed by atoms with Crippen LogP contribution >= 0.6 is 11.3 Å². The molecule has 3 N–H and O–H groups in total. The minimum Gasteiger partial charge on any atom is -0.370 e. The standard InChI is InChI=1S/C15H15N3OS/c16-9-3-5-18(8-9)10-1-2-13-12(7-10)11-4-6-20-14(11)15(19)17-13/h1-2,4,6-7,9H,3,5,8,16H2,(H,17,19)/t9-/m0/s1. The van der Waals surface area contributed by atoms with Crippen molar-refractivity contribution >= 4 is 38.0 Å². The van der Waals surface area contributed by atoms with Crippen LogP contribution in [-0.4, -0.2) is 24.1 Å². The van der Waals surface area contributed by atoms with Crippen LogP contribution in [0.15, 0.2) is 34.4 Å². The number of aromatic amines is 1. The number of aromatic nitrogens is 1. The lowest BCUT2D eigenvalue weighted by molar-refractivity contribution is 0.752. The number of nitrogens with zero attached hydrogens (tertiary/aromatic N) is 1. The molecule has 4 nitrogen and oxygen atoms in total. The van der Waals surface area contributed by atoms with Crippen LogP contribution in [0.1, 0.15) is 6.42 Å². The van der Waals surface area contributed by atoms with Gasteiger partial charge in [-0.1, -0.05) is 0 Å². The van der Waals surface area contributed by atoms with Crippen LogP contribution in [0.3, 0.4) is 0 Å². The zero-order chi connectivity index (χ0) is 13.7. The molecule has 2 aromatic heterocycles. The van der Waals surface area contributed by atoms with E-state index in [9.17, 15) is 4.79 Å². The van der Waals surface area contributed by atoms with Gasteiger partial charge in [-0.3, -0.25) is 4.79 Å². The summed E-state index contributed by atoms with van der Waals surface area (Å²) in [6, 6.07) is 8.51. The van der Waals surface area contributed by atoms with E-state index in [-0.39, 0.29) is 11.6 Å². The van der Waals surface area contributed by atoms with Gasteiger partial charge in [0, 0.05) is 41.1 Å². The number of fused-ring (bicyclic) bond motifs is 3. The molecule has 1 aliphatic rings. The quantitative estimate of drug-likeness (QED) is 0.721. The molecular weight excluding hydrogens is 270 g/mol. The summed E-state index contributed by atoms with van der Waals surface area (Å²) in [4.78, 5) is 17.2. The molecule has 3 heterocycles. The Balaban J connectivity index is 1.94. The summed E-state index contributed by atoms with van der Waals surface area (Å²) >= 11 is 1.49. The van der Waals surface area contributed by atoms with Crippen LogP contribution in [0.5, 0.6) is 0 Å². The molecule has 3 aromatic rings. The number of nitrogens with one attached hydrogen (secondary N) is 1. The van der Waals surface area contributed by atoms with Crippen molar-refractivity contribution in [3.8, 4) is 0 Å². The van der Waals surface area contributed by atoms with Crippen LogP contribution in [0.25, 0.3) is 21.0 Å². The van der Waals surface area contributed by atoms with E-state index in [0.29, 0.717) is 0 Å². The summed E-state index contributed by atoms with van der Waals surface area (Å²) < 4.78 is 0.799. The first kappa shape index (κ1) is 11.9. The van der Waals surface area contributed by atoms with Gasteiger partial charge in [-0.05, 0) is 36.1 Å². The van der Waals surface area contributed by atoms with E-state index >= 15 is 0 Å². The molecule has 1 saturated heterocycles. The Morgan fingerprint density at radius 3 is 3.00 bits per heavy atom. The summed E-state index contributed by atoms with van der Waals surface area (Å²) in [7, 11) is 0. The number of benzene rings is 1. The van der Waals surface area contributed by atoms with Crippen molar-refractivity contribution in [3.63, 3.8) is 0 Å². The van der Waals surface area contributed by atoms with Crippen molar-refractivity contribution in [1.82, 2.24) is 4.98 Å². The first-order valence-corrected chi connectivity index (χ1v) is 7.64. The number of H-pyrrole nitrogens is 1. The lowest BCUT2D eigenvalue weighted by atomic mass is 10.1. The van der Waals surface area contributed by atoms with Gasteiger partial charge in [0.15, 0.2) is 0 Å². The molecular formula is C15H15N3OS. The van der Waals surface area contributed by atoms with E-state index < -0.39 is 0 Å². The van der Waals surface area contributed by atoms with Crippen molar-refractivity contribution in [2.75, 3.05) is 18.0 Å². The molecule has 0 aliphatic carbocycles. The average molecular weight is 285 g/mol. The van der Waals surface area contributed by atoms with Gasteiger partial charge < -0.3 is 15.6 Å². The predicted octanol–water partition coefficient (Wildman–Crippen LogP) is 2.28. The Morgan fingerprint density at radius 1 is 1.30 bits per heavy atom. The smallest absolute Gasteiger partial charge is 0.266 e. The highest BCUT2D eigenvalue weighted by molar-refractivity contribution is 7.17. The third kappa shape index (κ3) is 1.74. The first-order valence-electron chi connectivity index (χ1n) is 6.76. The molecule has 1 aliphatic heterocycles. The van der Waals surface area contributed by atoms with Gasteiger partial charge in [-0.2, -0.15) is 0 Å². The van der Waals surface area contributed by atoms with E-state index in [0.717, 1.165) is 40.5 Å². The second-order valence-electron chi connectivity index (χ2n) is 5.34. The first-order chi connectivity index (χ1) is 9.72. The van der Waals surface area contributed by atoms with Crippen LogP contribution in [0.2, 0.25) is 0 Å². The van der Waals surface area contributed by atoms with E-state index in [1.54, 1.807) is 0 Å². The maximum Gasteiger partial charge on any atom is 0.266 e. The number of anilines is 1. The van der Waals surface area contributed by atoms with Gasteiger partial charge in [-0.15, -0.1) is 11.3 Å². The Kier molecular flexibility index (Phi) is 2.58. The molecule has 20 heavy (non-hydrogen) atoms. The number of thiophene rings is 1. The van der Waals surface area contributed by atoms with E-state index in [2.05, 4.69) is 22.0 Å². The average Bonchev–Trinajstić information content (AvgIpc) is 3.07. The number of hydrogen-bond acceptors (Lipinski definition) is 4. The number of rotatable bonds is 1. The molecule has 4 rings (SSSR count). The summed E-state index contributed by atoms with van der Waals surface area (Å²) in [5.41, 5.74) is 8.06. The highest BCUT2D eigenvalue weighted by Crippen LogP contribution is 2.29. The van der Waals surface area contributed by atoms with Crippen molar-refractivity contribution in [3.05, 3.63) is 40.0 Å². The van der Waals surface area contributed by atoms with Crippen LogP contribution in [0, 0.1) is 0 Å². The van der Waals surface area contributed by atoms with E-state index in [1.807, 2.05) is 17.5 Å². The zero-order valence-electron chi connectivity index (χ0n) is 10.9. The van der Waals surface area contributed by atoms with Crippen LogP contribution in [0.4, 0.5) is 5.69 Å².